The van der Waals surface area contributed by atoms with Gasteiger partial charge >= 0.3 is 0 Å². The molecule has 0 spiro atoms. The summed E-state index contributed by atoms with van der Waals surface area (Å²) in [4.78, 5) is 25.2. The minimum Gasteiger partial charge on any atom is -0.465 e. The van der Waals surface area contributed by atoms with Crippen LogP contribution in [0.15, 0.2) is 27.6 Å². The molecular formula is C18H19N3O4S. The number of hydrogen-bond acceptors (Lipinski definition) is 6. The van der Waals surface area contributed by atoms with E-state index in [0.29, 0.717) is 34.5 Å². The van der Waals surface area contributed by atoms with Crippen molar-refractivity contribution in [3.8, 4) is 6.07 Å². The van der Waals surface area contributed by atoms with Gasteiger partial charge in [-0.15, -0.1) is 11.3 Å². The maximum Gasteiger partial charge on any atom is 0.269 e. The Morgan fingerprint density at radius 2 is 2.38 bits per heavy atom. The first kappa shape index (κ1) is 18.2. The second-order valence-electron chi connectivity index (χ2n) is 5.97. The smallest absolute Gasteiger partial charge is 0.269 e. The SMILES string of the molecule is COCCCn1c(=O)/c(=C\c2ccco2)s/c1=C(/C#N)C(=O)NC1CC1. The van der Waals surface area contributed by atoms with E-state index >= 15 is 0 Å². The first-order chi connectivity index (χ1) is 12.6. The number of furan rings is 1. The van der Waals surface area contributed by atoms with Crippen molar-refractivity contribution >= 4 is 28.9 Å². The lowest BCUT2D eigenvalue weighted by molar-refractivity contribution is -0.115. The van der Waals surface area contributed by atoms with E-state index in [1.807, 2.05) is 6.07 Å². The second-order valence-corrected chi connectivity index (χ2v) is 7.00. The van der Waals surface area contributed by atoms with Crippen molar-refractivity contribution in [2.24, 2.45) is 0 Å². The topological polar surface area (TPSA) is 97.3 Å². The Balaban J connectivity index is 2.12. The first-order valence-electron chi connectivity index (χ1n) is 8.33. The van der Waals surface area contributed by atoms with Crippen LogP contribution in [0.3, 0.4) is 0 Å². The van der Waals surface area contributed by atoms with Crippen LogP contribution in [0.25, 0.3) is 11.6 Å². The van der Waals surface area contributed by atoms with Crippen LogP contribution >= 0.6 is 11.3 Å². The molecule has 1 fully saturated rings. The zero-order chi connectivity index (χ0) is 18.5. The molecule has 0 bridgehead atoms. The summed E-state index contributed by atoms with van der Waals surface area (Å²) in [5.74, 6) is 0.112. The normalized spacial score (nSPS) is 15.6. The van der Waals surface area contributed by atoms with Gasteiger partial charge < -0.3 is 14.5 Å². The van der Waals surface area contributed by atoms with Gasteiger partial charge in [-0.05, 0) is 31.4 Å². The van der Waals surface area contributed by atoms with Gasteiger partial charge in [-0.3, -0.25) is 14.2 Å². The fourth-order valence-corrected chi connectivity index (χ4v) is 3.56. The minimum atomic E-state index is -0.429. The quantitative estimate of drug-likeness (QED) is 0.705. The molecule has 8 heteroatoms. The highest BCUT2D eigenvalue weighted by atomic mass is 32.1. The fourth-order valence-electron chi connectivity index (χ4n) is 2.46. The second kappa shape index (κ2) is 8.17. The van der Waals surface area contributed by atoms with Crippen LogP contribution in [0.5, 0.6) is 0 Å². The largest absolute Gasteiger partial charge is 0.465 e. The predicted molar refractivity (Wildman–Crippen MR) is 96.8 cm³/mol. The zero-order valence-electron chi connectivity index (χ0n) is 14.4. The number of thiazole rings is 1. The number of methoxy groups -OCH3 is 1. The third-order valence-electron chi connectivity index (χ3n) is 3.92. The summed E-state index contributed by atoms with van der Waals surface area (Å²) in [6.45, 7) is 0.849. The average Bonchev–Trinajstić information content (AvgIpc) is 3.19. The number of nitrogens with zero attached hydrogens (tertiary/aromatic N) is 2. The van der Waals surface area contributed by atoms with Crippen LogP contribution < -0.4 is 20.1 Å². The Kier molecular flexibility index (Phi) is 5.71. The van der Waals surface area contributed by atoms with Gasteiger partial charge in [0.1, 0.15) is 16.5 Å². The molecule has 1 aliphatic carbocycles. The zero-order valence-corrected chi connectivity index (χ0v) is 15.2. The van der Waals surface area contributed by atoms with E-state index in [0.717, 1.165) is 24.2 Å². The number of rotatable bonds is 7. The molecule has 1 saturated carbocycles. The van der Waals surface area contributed by atoms with Gasteiger partial charge in [0, 0.05) is 32.4 Å². The van der Waals surface area contributed by atoms with Crippen LogP contribution in [0.4, 0.5) is 0 Å². The number of carbonyl (C=O) groups excluding carboxylic acids is 1. The molecule has 2 aromatic heterocycles. The molecular weight excluding hydrogens is 354 g/mol. The van der Waals surface area contributed by atoms with Gasteiger partial charge in [0.25, 0.3) is 11.5 Å². The lowest BCUT2D eigenvalue weighted by Gasteiger charge is -2.04. The van der Waals surface area contributed by atoms with E-state index < -0.39 is 5.91 Å². The molecule has 0 atom stereocenters. The molecule has 0 unspecified atom stereocenters. The molecule has 0 aromatic carbocycles. The van der Waals surface area contributed by atoms with E-state index in [1.165, 1.54) is 10.8 Å². The van der Waals surface area contributed by atoms with E-state index in [1.54, 1.807) is 25.3 Å². The van der Waals surface area contributed by atoms with Crippen molar-refractivity contribution in [1.29, 1.82) is 5.26 Å². The molecule has 2 heterocycles. The third kappa shape index (κ3) is 4.12. The molecule has 3 rings (SSSR count). The van der Waals surface area contributed by atoms with Crippen LogP contribution in [0.2, 0.25) is 0 Å². The third-order valence-corrected chi connectivity index (χ3v) is 5.05. The molecule has 1 aliphatic rings. The summed E-state index contributed by atoms with van der Waals surface area (Å²) in [6.07, 6.45) is 5.59. The number of amides is 1. The molecule has 7 nitrogen and oxygen atoms in total. The van der Waals surface area contributed by atoms with Gasteiger partial charge in [0.15, 0.2) is 5.57 Å². The highest BCUT2D eigenvalue weighted by Crippen LogP contribution is 2.19. The van der Waals surface area contributed by atoms with E-state index in [9.17, 15) is 14.9 Å². The summed E-state index contributed by atoms with van der Waals surface area (Å²) < 4.78 is 12.6. The summed E-state index contributed by atoms with van der Waals surface area (Å²) in [6, 6.07) is 5.57. The molecule has 1 amide bonds. The number of ether oxygens (including phenoxy) is 1. The molecule has 0 aliphatic heterocycles. The highest BCUT2D eigenvalue weighted by molar-refractivity contribution is 7.07. The molecule has 0 saturated heterocycles. The van der Waals surface area contributed by atoms with E-state index in [2.05, 4.69) is 5.32 Å². The predicted octanol–water partition coefficient (Wildman–Crippen LogP) is 0.321. The number of nitrogens with one attached hydrogen (secondary N) is 1. The van der Waals surface area contributed by atoms with E-state index in [-0.39, 0.29) is 17.2 Å². The number of hydrogen-bond donors (Lipinski definition) is 1. The fraction of sp³-hybridized carbons (Fsp3) is 0.389. The Bertz CT molecular complexity index is 991. The van der Waals surface area contributed by atoms with Crippen molar-refractivity contribution in [2.75, 3.05) is 13.7 Å². The maximum absolute atomic E-state index is 12.8. The molecule has 136 valence electrons. The summed E-state index contributed by atoms with van der Waals surface area (Å²) in [5.41, 5.74) is -0.278. The van der Waals surface area contributed by atoms with Gasteiger partial charge in [-0.1, -0.05) is 0 Å². The lowest BCUT2D eigenvalue weighted by Crippen LogP contribution is -2.35. The van der Waals surface area contributed by atoms with Gasteiger partial charge in [-0.25, -0.2) is 0 Å². The van der Waals surface area contributed by atoms with Crippen LogP contribution in [0, 0.1) is 11.3 Å². The molecule has 26 heavy (non-hydrogen) atoms. The molecule has 2 aromatic rings. The molecule has 0 radical (unpaired) electrons. The van der Waals surface area contributed by atoms with Gasteiger partial charge in [-0.2, -0.15) is 5.26 Å². The molecule has 1 N–H and O–H groups in total. The van der Waals surface area contributed by atoms with Gasteiger partial charge in [0.05, 0.1) is 10.8 Å². The van der Waals surface area contributed by atoms with Crippen LogP contribution in [-0.2, 0) is 16.1 Å². The maximum atomic E-state index is 12.8. The number of nitriles is 1. The highest BCUT2D eigenvalue weighted by Gasteiger charge is 2.26. The van der Waals surface area contributed by atoms with Crippen molar-refractivity contribution in [2.45, 2.75) is 31.8 Å². The Morgan fingerprint density at radius 3 is 3.00 bits per heavy atom. The van der Waals surface area contributed by atoms with Crippen molar-refractivity contribution in [1.82, 2.24) is 9.88 Å². The summed E-state index contributed by atoms with van der Waals surface area (Å²) >= 11 is 1.12. The monoisotopic (exact) mass is 373 g/mol. The standard InChI is InChI=1S/C18H19N3O4S/c1-24-8-3-7-21-17(23)15(10-13-4-2-9-25-13)26-18(21)14(11-19)16(22)20-12-5-6-12/h2,4,9-10,12H,3,5-8H2,1H3,(H,20,22)/b15-10+,18-14-. The lowest BCUT2D eigenvalue weighted by atomic mass is 10.3. The summed E-state index contributed by atoms with van der Waals surface area (Å²) in [7, 11) is 1.59. The number of carbonyl (C=O) groups is 1. The van der Waals surface area contributed by atoms with Crippen molar-refractivity contribution < 1.29 is 13.9 Å². The Labute approximate surface area is 153 Å². The first-order valence-corrected chi connectivity index (χ1v) is 9.14. The van der Waals surface area contributed by atoms with E-state index in [4.69, 9.17) is 9.15 Å². The Morgan fingerprint density at radius 1 is 1.58 bits per heavy atom. The van der Waals surface area contributed by atoms with Crippen molar-refractivity contribution in [3.63, 3.8) is 0 Å². The van der Waals surface area contributed by atoms with Crippen LogP contribution in [0.1, 0.15) is 25.0 Å². The van der Waals surface area contributed by atoms with Gasteiger partial charge in [0.2, 0.25) is 0 Å². The number of aromatic nitrogens is 1. The summed E-state index contributed by atoms with van der Waals surface area (Å²) in [5, 5.41) is 12.3. The average molecular weight is 373 g/mol. The Hall–Kier alpha value is -2.63. The minimum absolute atomic E-state index is 0.0319. The van der Waals surface area contributed by atoms with Crippen molar-refractivity contribution in [3.05, 3.63) is 43.7 Å². The van der Waals surface area contributed by atoms with Crippen LogP contribution in [-0.4, -0.2) is 30.2 Å².